The second kappa shape index (κ2) is 3.31. The number of aliphatic imine (C=N–C) groups is 1. The maximum atomic E-state index is 4.28. The lowest BCUT2D eigenvalue weighted by Crippen LogP contribution is -2.26. The molecule has 0 atom stereocenters. The zero-order valence-electron chi connectivity index (χ0n) is 8.25. The number of aromatic nitrogens is 1. The van der Waals surface area contributed by atoms with E-state index in [1.807, 2.05) is 12.1 Å². The number of hydrogen-bond donors (Lipinski definition) is 3. The summed E-state index contributed by atoms with van der Waals surface area (Å²) in [5.74, 6) is 1.82. The molecule has 3 N–H and O–H groups in total. The largest absolute Gasteiger partial charge is 0.354 e. The van der Waals surface area contributed by atoms with Crippen molar-refractivity contribution in [2.24, 2.45) is 4.99 Å². The van der Waals surface area contributed by atoms with Crippen molar-refractivity contribution in [3.8, 4) is 0 Å². The smallest absolute Gasteiger partial charge is 0.197 e. The van der Waals surface area contributed by atoms with E-state index in [0.29, 0.717) is 0 Å². The van der Waals surface area contributed by atoms with E-state index in [1.165, 1.54) is 5.39 Å². The van der Waals surface area contributed by atoms with Crippen molar-refractivity contribution >= 4 is 22.7 Å². The summed E-state index contributed by atoms with van der Waals surface area (Å²) in [5, 5.41) is 7.59. The Morgan fingerprint density at radius 1 is 1.27 bits per heavy atom. The van der Waals surface area contributed by atoms with E-state index in [2.05, 4.69) is 38.8 Å². The SMILES string of the molecule is c1ccc2[nH]c(NC3=NCCN3)cc2c1. The lowest BCUT2D eigenvalue weighted by atomic mass is 10.2. The molecule has 0 saturated carbocycles. The number of H-pyrrole nitrogens is 1. The van der Waals surface area contributed by atoms with Gasteiger partial charge in [0, 0.05) is 17.4 Å². The molecule has 1 aliphatic rings. The minimum Gasteiger partial charge on any atom is -0.354 e. The van der Waals surface area contributed by atoms with Crippen molar-refractivity contribution in [2.45, 2.75) is 0 Å². The fraction of sp³-hybridized carbons (Fsp3) is 0.182. The lowest BCUT2D eigenvalue weighted by Gasteiger charge is -2.02. The average Bonchev–Trinajstić information content (AvgIpc) is 2.86. The second-order valence-corrected chi connectivity index (χ2v) is 3.55. The molecule has 0 radical (unpaired) electrons. The zero-order valence-corrected chi connectivity index (χ0v) is 8.25. The molecule has 3 rings (SSSR count). The summed E-state index contributed by atoms with van der Waals surface area (Å²) in [7, 11) is 0. The molecule has 0 spiro atoms. The number of nitrogens with zero attached hydrogens (tertiary/aromatic N) is 1. The summed E-state index contributed by atoms with van der Waals surface area (Å²) >= 11 is 0. The quantitative estimate of drug-likeness (QED) is 0.654. The van der Waals surface area contributed by atoms with E-state index >= 15 is 0 Å². The number of nitrogens with one attached hydrogen (secondary N) is 3. The standard InChI is InChI=1S/C11H12N4/c1-2-4-9-8(3-1)7-10(14-9)15-11-12-5-6-13-11/h1-4,7,14H,5-6H2,(H2,12,13,15). The van der Waals surface area contributed by atoms with Gasteiger partial charge in [0.15, 0.2) is 5.96 Å². The zero-order chi connectivity index (χ0) is 10.1. The van der Waals surface area contributed by atoms with Gasteiger partial charge >= 0.3 is 0 Å². The Bertz CT molecular complexity index is 479. The Labute approximate surface area is 87.4 Å². The Morgan fingerprint density at radius 3 is 3.00 bits per heavy atom. The molecule has 1 aromatic carbocycles. The summed E-state index contributed by atoms with van der Waals surface area (Å²) < 4.78 is 0. The third-order valence-corrected chi connectivity index (χ3v) is 2.46. The number of fused-ring (bicyclic) bond motifs is 1. The maximum absolute atomic E-state index is 4.28. The van der Waals surface area contributed by atoms with Crippen molar-refractivity contribution in [2.75, 3.05) is 18.4 Å². The molecule has 4 heteroatoms. The van der Waals surface area contributed by atoms with Crippen LogP contribution in [0.15, 0.2) is 35.3 Å². The summed E-state index contributed by atoms with van der Waals surface area (Å²) in [5.41, 5.74) is 1.14. The van der Waals surface area contributed by atoms with E-state index in [1.54, 1.807) is 0 Å². The Morgan fingerprint density at radius 2 is 2.20 bits per heavy atom. The van der Waals surface area contributed by atoms with E-state index in [0.717, 1.165) is 30.4 Å². The first-order chi connectivity index (χ1) is 7.42. The summed E-state index contributed by atoms with van der Waals surface area (Å²) in [6.07, 6.45) is 0. The van der Waals surface area contributed by atoms with Crippen LogP contribution in [-0.4, -0.2) is 24.0 Å². The second-order valence-electron chi connectivity index (χ2n) is 3.55. The number of anilines is 1. The van der Waals surface area contributed by atoms with E-state index in [9.17, 15) is 0 Å². The molecule has 1 aromatic heterocycles. The van der Waals surface area contributed by atoms with Gasteiger partial charge in [-0.25, -0.2) is 0 Å². The number of benzene rings is 1. The third-order valence-electron chi connectivity index (χ3n) is 2.46. The molecule has 2 heterocycles. The first-order valence-electron chi connectivity index (χ1n) is 5.05. The molecule has 4 nitrogen and oxygen atoms in total. The Hall–Kier alpha value is -1.97. The van der Waals surface area contributed by atoms with Crippen LogP contribution < -0.4 is 10.6 Å². The first-order valence-corrected chi connectivity index (χ1v) is 5.05. The lowest BCUT2D eigenvalue weighted by molar-refractivity contribution is 0.959. The average molecular weight is 200 g/mol. The highest BCUT2D eigenvalue weighted by Crippen LogP contribution is 2.17. The molecular weight excluding hydrogens is 188 g/mol. The minimum absolute atomic E-state index is 0.849. The number of aromatic amines is 1. The van der Waals surface area contributed by atoms with Crippen molar-refractivity contribution in [3.05, 3.63) is 30.3 Å². The van der Waals surface area contributed by atoms with Crippen molar-refractivity contribution < 1.29 is 0 Å². The number of guanidine groups is 1. The van der Waals surface area contributed by atoms with Crippen molar-refractivity contribution in [3.63, 3.8) is 0 Å². The Kier molecular flexibility index (Phi) is 1.84. The first kappa shape index (κ1) is 8.35. The van der Waals surface area contributed by atoms with Gasteiger partial charge in [-0.1, -0.05) is 18.2 Å². The fourth-order valence-electron chi connectivity index (χ4n) is 1.75. The molecule has 0 fully saturated rings. The highest BCUT2D eigenvalue weighted by Gasteiger charge is 2.06. The molecule has 0 bridgehead atoms. The van der Waals surface area contributed by atoms with Crippen LogP contribution in [0.2, 0.25) is 0 Å². The highest BCUT2D eigenvalue weighted by atomic mass is 15.2. The number of rotatable bonds is 1. The number of para-hydroxylation sites is 1. The van der Waals surface area contributed by atoms with Gasteiger partial charge in [0.2, 0.25) is 0 Å². The predicted octanol–water partition coefficient (Wildman–Crippen LogP) is 1.54. The van der Waals surface area contributed by atoms with Gasteiger partial charge in [0.1, 0.15) is 5.82 Å². The summed E-state index contributed by atoms with van der Waals surface area (Å²) in [6, 6.07) is 10.3. The molecule has 76 valence electrons. The monoisotopic (exact) mass is 200 g/mol. The van der Waals surface area contributed by atoms with Crippen LogP contribution in [0.25, 0.3) is 10.9 Å². The topological polar surface area (TPSA) is 52.2 Å². The van der Waals surface area contributed by atoms with Gasteiger partial charge in [-0.05, 0) is 12.1 Å². The van der Waals surface area contributed by atoms with Crippen molar-refractivity contribution in [1.29, 1.82) is 0 Å². The van der Waals surface area contributed by atoms with E-state index in [-0.39, 0.29) is 0 Å². The maximum Gasteiger partial charge on any atom is 0.197 e. The van der Waals surface area contributed by atoms with Crippen LogP contribution in [0.3, 0.4) is 0 Å². The van der Waals surface area contributed by atoms with Gasteiger partial charge in [-0.2, -0.15) is 0 Å². The van der Waals surface area contributed by atoms with Crippen LogP contribution in [-0.2, 0) is 0 Å². The van der Waals surface area contributed by atoms with Crippen LogP contribution in [0.5, 0.6) is 0 Å². The highest BCUT2D eigenvalue weighted by molar-refractivity contribution is 5.96. The van der Waals surface area contributed by atoms with Gasteiger partial charge in [-0.15, -0.1) is 0 Å². The molecule has 1 aliphatic heterocycles. The van der Waals surface area contributed by atoms with Gasteiger partial charge < -0.3 is 15.6 Å². The van der Waals surface area contributed by atoms with E-state index in [4.69, 9.17) is 0 Å². The normalized spacial score (nSPS) is 15.1. The van der Waals surface area contributed by atoms with Gasteiger partial charge in [0.05, 0.1) is 6.54 Å². The van der Waals surface area contributed by atoms with Crippen LogP contribution in [0, 0.1) is 0 Å². The van der Waals surface area contributed by atoms with Crippen LogP contribution in [0.1, 0.15) is 0 Å². The third kappa shape index (κ3) is 1.54. The molecule has 15 heavy (non-hydrogen) atoms. The fourth-order valence-corrected chi connectivity index (χ4v) is 1.75. The van der Waals surface area contributed by atoms with Gasteiger partial charge in [-0.3, -0.25) is 4.99 Å². The Balaban J connectivity index is 1.91. The molecule has 2 aromatic rings. The van der Waals surface area contributed by atoms with Crippen LogP contribution in [0.4, 0.5) is 5.82 Å². The van der Waals surface area contributed by atoms with Crippen LogP contribution >= 0.6 is 0 Å². The molecular formula is C11H12N4. The number of hydrogen-bond acceptors (Lipinski definition) is 3. The molecule has 0 saturated heterocycles. The summed E-state index contributed by atoms with van der Waals surface area (Å²) in [6.45, 7) is 1.77. The molecule has 0 aliphatic carbocycles. The molecule has 0 unspecified atom stereocenters. The van der Waals surface area contributed by atoms with Gasteiger partial charge in [0.25, 0.3) is 0 Å². The summed E-state index contributed by atoms with van der Waals surface area (Å²) in [4.78, 5) is 7.57. The minimum atomic E-state index is 0.849. The van der Waals surface area contributed by atoms with Crippen molar-refractivity contribution in [1.82, 2.24) is 10.3 Å². The predicted molar refractivity (Wildman–Crippen MR) is 62.2 cm³/mol. The van der Waals surface area contributed by atoms with E-state index < -0.39 is 0 Å². The molecule has 0 amide bonds.